The average Bonchev–Trinajstić information content (AvgIpc) is 3.16. The molecule has 0 aromatic carbocycles. The van der Waals surface area contributed by atoms with Crippen LogP contribution in [0.15, 0.2) is 23.3 Å². The fourth-order valence-corrected chi connectivity index (χ4v) is 10.7. The van der Waals surface area contributed by atoms with Crippen LogP contribution in [0.3, 0.4) is 0 Å². The van der Waals surface area contributed by atoms with Crippen molar-refractivity contribution in [1.82, 2.24) is 0 Å². The highest BCUT2D eigenvalue weighted by atomic mass is 16.5. The highest BCUT2D eigenvalue weighted by molar-refractivity contribution is 5.21. The lowest BCUT2D eigenvalue weighted by molar-refractivity contribution is -0.0420. The van der Waals surface area contributed by atoms with Crippen LogP contribution in [0.4, 0.5) is 0 Å². The van der Waals surface area contributed by atoms with E-state index in [1.165, 1.54) is 217 Å². The summed E-state index contributed by atoms with van der Waals surface area (Å²) in [5, 5.41) is 19.0. The van der Waals surface area contributed by atoms with E-state index in [1.54, 1.807) is 0 Å². The van der Waals surface area contributed by atoms with Gasteiger partial charge in [0.25, 0.3) is 0 Å². The molecule has 1 saturated carbocycles. The number of rotatable bonds is 38. The van der Waals surface area contributed by atoms with Gasteiger partial charge in [-0.05, 0) is 80.1 Å². The summed E-state index contributed by atoms with van der Waals surface area (Å²) < 4.78 is 6.00. The molecule has 1 fully saturated rings. The Labute approximate surface area is 345 Å². The number of hydrogen-bond donors (Lipinski definition) is 2. The van der Waals surface area contributed by atoms with Gasteiger partial charge in [-0.2, -0.15) is 0 Å². The first-order valence-corrected chi connectivity index (χ1v) is 25.0. The Balaban J connectivity index is 1.27. The zero-order chi connectivity index (χ0) is 39.7. The molecule has 3 nitrogen and oxygen atoms in total. The Kier molecular flexibility index (Phi) is 30.5. The van der Waals surface area contributed by atoms with E-state index >= 15 is 0 Å². The van der Waals surface area contributed by atoms with Gasteiger partial charge in [0.1, 0.15) is 0 Å². The van der Waals surface area contributed by atoms with Crippen molar-refractivity contribution in [1.29, 1.82) is 0 Å². The van der Waals surface area contributed by atoms with Crippen LogP contribution in [0.1, 0.15) is 259 Å². The second-order valence-corrected chi connectivity index (χ2v) is 19.6. The molecule has 0 spiro atoms. The molecule has 2 aliphatic carbocycles. The number of aliphatic hydroxyl groups is 2. The molecule has 3 heteroatoms. The van der Waals surface area contributed by atoms with Gasteiger partial charge in [-0.1, -0.05) is 225 Å². The minimum absolute atomic E-state index is 0.233. The van der Waals surface area contributed by atoms with Crippen molar-refractivity contribution in [3.63, 3.8) is 0 Å². The number of hydrogen-bond acceptors (Lipinski definition) is 3. The Hall–Kier alpha value is -0.640. The van der Waals surface area contributed by atoms with Crippen LogP contribution in [-0.2, 0) is 4.74 Å². The first-order chi connectivity index (χ1) is 26.8. The lowest BCUT2D eigenvalue weighted by atomic mass is 9.48. The smallest absolute Gasteiger partial charge is 0.0649 e. The molecule has 0 aromatic rings. The van der Waals surface area contributed by atoms with E-state index in [1.807, 2.05) is 0 Å². The third-order valence-corrected chi connectivity index (χ3v) is 14.4. The summed E-state index contributed by atoms with van der Waals surface area (Å²) >= 11 is 0. The summed E-state index contributed by atoms with van der Waals surface area (Å²) in [6, 6.07) is 0. The van der Waals surface area contributed by atoms with E-state index in [-0.39, 0.29) is 6.61 Å². The number of aliphatic hydroxyl groups excluding tert-OH is 2. The number of allylic oxidation sites excluding steroid dienone is 2. The molecule has 55 heavy (non-hydrogen) atoms. The normalized spacial score (nSPS) is 21.2. The van der Waals surface area contributed by atoms with Gasteiger partial charge < -0.3 is 14.9 Å². The Morgan fingerprint density at radius 1 is 0.600 bits per heavy atom. The van der Waals surface area contributed by atoms with E-state index in [2.05, 4.69) is 39.8 Å². The lowest BCUT2D eigenvalue weighted by Crippen LogP contribution is -2.49. The van der Waals surface area contributed by atoms with Gasteiger partial charge in [-0.3, -0.25) is 0 Å². The van der Waals surface area contributed by atoms with E-state index in [0.717, 1.165) is 44.8 Å². The summed E-state index contributed by atoms with van der Waals surface area (Å²) in [6.45, 7) is 12.0. The summed E-state index contributed by atoms with van der Waals surface area (Å²) in [4.78, 5) is 0. The maximum absolute atomic E-state index is 10.2. The lowest BCUT2D eigenvalue weighted by Gasteiger charge is -2.57. The Bertz CT molecular complexity index is 935. The first kappa shape index (κ1) is 50.5. The molecule has 0 heterocycles. The van der Waals surface area contributed by atoms with Gasteiger partial charge in [-0.15, -0.1) is 0 Å². The molecule has 324 valence electrons. The largest absolute Gasteiger partial charge is 0.396 e. The van der Waals surface area contributed by atoms with Crippen molar-refractivity contribution in [2.24, 2.45) is 22.7 Å². The standard InChI is InChI=1S/C52H98O3/c1-47(36-38-49-48(46-54)37-39-50-51(2,3)41-35-42-52(49,50)4)40-45-55-44-34-32-30-28-26-24-22-20-18-16-14-12-10-8-6-5-7-9-11-13-15-17-19-21-23-25-27-29-31-33-43-53/h37,40,49-50,53-54H,5-36,38-39,41-46H2,1-4H3/b47-40+/t49-,50-,52+/m1/s1. The molecule has 2 N–H and O–H groups in total. The van der Waals surface area contributed by atoms with Gasteiger partial charge in [0.2, 0.25) is 0 Å². The monoisotopic (exact) mass is 771 g/mol. The number of ether oxygens (including phenoxy) is 1. The summed E-state index contributed by atoms with van der Waals surface area (Å²) in [5.41, 5.74) is 3.49. The topological polar surface area (TPSA) is 49.7 Å². The van der Waals surface area contributed by atoms with Crippen molar-refractivity contribution in [2.75, 3.05) is 26.4 Å². The zero-order valence-corrected chi connectivity index (χ0v) is 37.9. The second-order valence-electron chi connectivity index (χ2n) is 19.6. The SMILES string of the molecule is C/C(=C\COCCCCCCCCCCCCCCCCCCCCCCCCCCCCCCCCO)CC[C@@H]1C(CO)=CC[C@@H]2C(C)(C)CCC[C@@]12C. The van der Waals surface area contributed by atoms with Gasteiger partial charge in [0, 0.05) is 13.2 Å². The van der Waals surface area contributed by atoms with Crippen molar-refractivity contribution >= 4 is 0 Å². The maximum Gasteiger partial charge on any atom is 0.0649 e. The van der Waals surface area contributed by atoms with E-state index in [0.29, 0.717) is 23.4 Å². The van der Waals surface area contributed by atoms with E-state index < -0.39 is 0 Å². The molecule has 2 rings (SSSR count). The fraction of sp³-hybridized carbons (Fsp3) is 0.923. The van der Waals surface area contributed by atoms with Crippen molar-refractivity contribution in [3.8, 4) is 0 Å². The molecule has 0 aliphatic heterocycles. The van der Waals surface area contributed by atoms with Gasteiger partial charge >= 0.3 is 0 Å². The van der Waals surface area contributed by atoms with E-state index in [9.17, 15) is 5.11 Å². The highest BCUT2D eigenvalue weighted by Crippen LogP contribution is 2.60. The quantitative estimate of drug-likeness (QED) is 0.0486. The van der Waals surface area contributed by atoms with Crippen molar-refractivity contribution in [3.05, 3.63) is 23.3 Å². The molecule has 2 aliphatic rings. The second kappa shape index (κ2) is 33.2. The van der Waals surface area contributed by atoms with Crippen molar-refractivity contribution < 1.29 is 14.9 Å². The van der Waals surface area contributed by atoms with Gasteiger partial charge in [0.05, 0.1) is 13.2 Å². The predicted octanol–water partition coefficient (Wildman–Crippen LogP) is 16.2. The summed E-state index contributed by atoms with van der Waals surface area (Å²) in [6.07, 6.45) is 54.2. The summed E-state index contributed by atoms with van der Waals surface area (Å²) in [5.74, 6) is 1.25. The zero-order valence-electron chi connectivity index (χ0n) is 37.9. The minimum atomic E-state index is 0.233. The van der Waals surface area contributed by atoms with Gasteiger partial charge in [-0.25, -0.2) is 0 Å². The molecule has 0 unspecified atom stereocenters. The number of fused-ring (bicyclic) bond motifs is 1. The Morgan fingerprint density at radius 3 is 1.40 bits per heavy atom. The van der Waals surface area contributed by atoms with Crippen LogP contribution in [0.5, 0.6) is 0 Å². The van der Waals surface area contributed by atoms with Gasteiger partial charge in [0.15, 0.2) is 0 Å². The minimum Gasteiger partial charge on any atom is -0.396 e. The highest BCUT2D eigenvalue weighted by Gasteiger charge is 2.51. The van der Waals surface area contributed by atoms with Crippen LogP contribution in [0, 0.1) is 22.7 Å². The Morgan fingerprint density at radius 2 is 1.00 bits per heavy atom. The van der Waals surface area contributed by atoms with Crippen LogP contribution < -0.4 is 0 Å². The van der Waals surface area contributed by atoms with Crippen molar-refractivity contribution in [2.45, 2.75) is 259 Å². The predicted molar refractivity (Wildman–Crippen MR) is 242 cm³/mol. The molecule has 0 saturated heterocycles. The number of unbranched alkanes of at least 4 members (excludes halogenated alkanes) is 29. The fourth-order valence-electron chi connectivity index (χ4n) is 10.7. The third-order valence-electron chi connectivity index (χ3n) is 14.4. The molecular formula is C52H98O3. The summed E-state index contributed by atoms with van der Waals surface area (Å²) in [7, 11) is 0. The average molecular weight is 771 g/mol. The van der Waals surface area contributed by atoms with Crippen LogP contribution in [-0.4, -0.2) is 36.6 Å². The third kappa shape index (κ3) is 23.5. The van der Waals surface area contributed by atoms with Crippen LogP contribution >= 0.6 is 0 Å². The molecular weight excluding hydrogens is 673 g/mol. The van der Waals surface area contributed by atoms with Crippen LogP contribution in [0.2, 0.25) is 0 Å². The molecule has 3 atom stereocenters. The molecule has 0 bridgehead atoms. The van der Waals surface area contributed by atoms with E-state index in [4.69, 9.17) is 9.84 Å². The molecule has 0 amide bonds. The molecule has 0 radical (unpaired) electrons. The first-order valence-electron chi connectivity index (χ1n) is 25.0. The molecule has 0 aromatic heterocycles. The van der Waals surface area contributed by atoms with Crippen LogP contribution in [0.25, 0.3) is 0 Å². The maximum atomic E-state index is 10.2.